The lowest BCUT2D eigenvalue weighted by Gasteiger charge is -2.13. The lowest BCUT2D eigenvalue weighted by Crippen LogP contribution is -2.04. The van der Waals surface area contributed by atoms with Gasteiger partial charge >= 0.3 is 0 Å². The Hall–Kier alpha value is -1.81. The Morgan fingerprint density at radius 3 is 2.33 bits per heavy atom. The van der Waals surface area contributed by atoms with Crippen LogP contribution in [0.15, 0.2) is 12.4 Å². The second-order valence-corrected chi connectivity index (χ2v) is 6.04. The van der Waals surface area contributed by atoms with Gasteiger partial charge in [0.15, 0.2) is 5.82 Å². The molecule has 21 heavy (non-hydrogen) atoms. The van der Waals surface area contributed by atoms with Crippen LogP contribution in [0.4, 0.5) is 0 Å². The molecule has 3 rings (SSSR count). The van der Waals surface area contributed by atoms with Crippen molar-refractivity contribution in [2.45, 2.75) is 34.2 Å². The van der Waals surface area contributed by atoms with Crippen LogP contribution in [-0.2, 0) is 13.6 Å². The average Bonchev–Trinajstić information content (AvgIpc) is 2.99. The molecule has 0 bridgehead atoms. The van der Waals surface area contributed by atoms with E-state index in [2.05, 4.69) is 48.4 Å². The fourth-order valence-electron chi connectivity index (χ4n) is 2.90. The Kier molecular flexibility index (Phi) is 3.29. The highest BCUT2D eigenvalue weighted by molar-refractivity contribution is 6.31. The summed E-state index contributed by atoms with van der Waals surface area (Å²) in [6.45, 7) is 9.24. The number of nitrogens with zero attached hydrogens (tertiary/aromatic N) is 4. The van der Waals surface area contributed by atoms with Crippen LogP contribution in [0.1, 0.15) is 28.1 Å². The van der Waals surface area contributed by atoms with Crippen LogP contribution in [0.25, 0.3) is 10.9 Å². The summed E-state index contributed by atoms with van der Waals surface area (Å²) in [5.41, 5.74) is 6.42. The van der Waals surface area contributed by atoms with Crippen LogP contribution in [0.2, 0.25) is 5.15 Å². The summed E-state index contributed by atoms with van der Waals surface area (Å²) in [5, 5.41) is 6.30. The fourth-order valence-corrected chi connectivity index (χ4v) is 3.16. The first-order chi connectivity index (χ1) is 9.90. The van der Waals surface area contributed by atoms with Crippen molar-refractivity contribution >= 4 is 22.5 Å². The van der Waals surface area contributed by atoms with Crippen LogP contribution < -0.4 is 0 Å². The third-order valence-corrected chi connectivity index (χ3v) is 4.75. The first kappa shape index (κ1) is 14.1. The van der Waals surface area contributed by atoms with E-state index in [0.29, 0.717) is 6.54 Å². The van der Waals surface area contributed by atoms with Crippen molar-refractivity contribution in [1.82, 2.24) is 19.3 Å². The zero-order chi connectivity index (χ0) is 15.3. The van der Waals surface area contributed by atoms with Crippen LogP contribution in [0.5, 0.6) is 0 Å². The summed E-state index contributed by atoms with van der Waals surface area (Å²) in [6, 6.07) is 2.05. The van der Waals surface area contributed by atoms with Gasteiger partial charge in [-0.05, 0) is 56.0 Å². The largest absolute Gasteiger partial charge is 0.324 e. The van der Waals surface area contributed by atoms with Crippen molar-refractivity contribution in [1.29, 1.82) is 0 Å². The minimum Gasteiger partial charge on any atom is -0.324 e. The standard InChI is InChI=1S/C16H19ClN4/c1-9-10(2)12(4)16-13(11(9)3)6-14(17)21(16)7-15-18-8-20(5)19-15/h6,8H,7H2,1-5H3. The lowest BCUT2D eigenvalue weighted by molar-refractivity contribution is 0.713. The molecule has 0 N–H and O–H groups in total. The molecular weight excluding hydrogens is 284 g/mol. The molecule has 0 spiro atoms. The third-order valence-electron chi connectivity index (χ3n) is 4.44. The smallest absolute Gasteiger partial charge is 0.170 e. The third kappa shape index (κ3) is 2.14. The Labute approximate surface area is 129 Å². The van der Waals surface area contributed by atoms with E-state index >= 15 is 0 Å². The van der Waals surface area contributed by atoms with E-state index in [-0.39, 0.29) is 0 Å². The highest BCUT2D eigenvalue weighted by Crippen LogP contribution is 2.33. The molecule has 2 aromatic heterocycles. The topological polar surface area (TPSA) is 35.6 Å². The molecule has 0 aliphatic rings. The summed E-state index contributed by atoms with van der Waals surface area (Å²) >= 11 is 6.47. The monoisotopic (exact) mass is 302 g/mol. The molecule has 2 heterocycles. The van der Waals surface area contributed by atoms with Gasteiger partial charge in [-0.25, -0.2) is 4.98 Å². The van der Waals surface area contributed by atoms with Gasteiger partial charge in [-0.3, -0.25) is 4.68 Å². The Balaban J connectivity index is 2.25. The van der Waals surface area contributed by atoms with Gasteiger partial charge in [-0.1, -0.05) is 11.6 Å². The average molecular weight is 303 g/mol. The van der Waals surface area contributed by atoms with Gasteiger partial charge in [-0.2, -0.15) is 5.10 Å². The van der Waals surface area contributed by atoms with E-state index in [0.717, 1.165) is 11.0 Å². The van der Waals surface area contributed by atoms with E-state index in [9.17, 15) is 0 Å². The van der Waals surface area contributed by atoms with E-state index < -0.39 is 0 Å². The van der Waals surface area contributed by atoms with Gasteiger partial charge in [0.25, 0.3) is 0 Å². The van der Waals surface area contributed by atoms with Gasteiger partial charge in [0.2, 0.25) is 0 Å². The normalized spacial score (nSPS) is 11.5. The molecule has 0 aliphatic carbocycles. The molecule has 5 heteroatoms. The predicted octanol–water partition coefficient (Wildman–Crippen LogP) is 3.71. The molecule has 0 fully saturated rings. The number of halogens is 1. The van der Waals surface area contributed by atoms with Crippen molar-refractivity contribution in [2.24, 2.45) is 7.05 Å². The number of aromatic nitrogens is 4. The molecular formula is C16H19ClN4. The first-order valence-corrected chi connectivity index (χ1v) is 7.37. The van der Waals surface area contributed by atoms with Crippen molar-refractivity contribution in [3.8, 4) is 0 Å². The van der Waals surface area contributed by atoms with Crippen molar-refractivity contribution in [2.75, 3.05) is 0 Å². The number of hydrogen-bond acceptors (Lipinski definition) is 2. The molecule has 0 unspecified atom stereocenters. The van der Waals surface area contributed by atoms with Crippen LogP contribution in [0.3, 0.4) is 0 Å². The van der Waals surface area contributed by atoms with Gasteiger partial charge < -0.3 is 4.57 Å². The molecule has 0 radical (unpaired) electrons. The molecule has 0 atom stereocenters. The van der Waals surface area contributed by atoms with Gasteiger partial charge in [0, 0.05) is 12.4 Å². The Morgan fingerprint density at radius 2 is 1.71 bits per heavy atom. The van der Waals surface area contributed by atoms with E-state index in [1.807, 2.05) is 7.05 Å². The SMILES string of the molecule is Cc1c(C)c(C)c2c(cc(Cl)n2Cc2ncn(C)n2)c1C. The molecule has 0 amide bonds. The molecule has 0 saturated carbocycles. The van der Waals surface area contributed by atoms with Crippen LogP contribution >= 0.6 is 11.6 Å². The van der Waals surface area contributed by atoms with Crippen molar-refractivity contribution in [3.05, 3.63) is 45.6 Å². The quantitative estimate of drug-likeness (QED) is 0.723. The first-order valence-electron chi connectivity index (χ1n) is 6.99. The van der Waals surface area contributed by atoms with Gasteiger partial charge in [0.05, 0.1) is 12.1 Å². The van der Waals surface area contributed by atoms with E-state index in [1.54, 1.807) is 11.0 Å². The maximum atomic E-state index is 6.47. The van der Waals surface area contributed by atoms with Crippen LogP contribution in [-0.4, -0.2) is 19.3 Å². The zero-order valence-corrected chi connectivity index (χ0v) is 13.8. The van der Waals surface area contributed by atoms with E-state index in [1.165, 1.54) is 33.2 Å². The summed E-state index contributed by atoms with van der Waals surface area (Å²) < 4.78 is 3.81. The number of benzene rings is 1. The molecule has 0 saturated heterocycles. The summed E-state index contributed by atoms with van der Waals surface area (Å²) in [6.07, 6.45) is 1.71. The second-order valence-electron chi connectivity index (χ2n) is 5.65. The molecule has 0 aliphatic heterocycles. The van der Waals surface area contributed by atoms with E-state index in [4.69, 9.17) is 11.6 Å². The number of fused-ring (bicyclic) bond motifs is 1. The highest BCUT2D eigenvalue weighted by atomic mass is 35.5. The second kappa shape index (κ2) is 4.88. The lowest BCUT2D eigenvalue weighted by atomic mass is 9.96. The molecule has 3 aromatic rings. The van der Waals surface area contributed by atoms with Crippen molar-refractivity contribution < 1.29 is 0 Å². The summed E-state index contributed by atoms with van der Waals surface area (Å²) in [7, 11) is 1.87. The number of aryl methyl sites for hydroxylation is 3. The minimum absolute atomic E-state index is 0.589. The van der Waals surface area contributed by atoms with Crippen LogP contribution in [0, 0.1) is 27.7 Å². The Morgan fingerprint density at radius 1 is 1.05 bits per heavy atom. The zero-order valence-electron chi connectivity index (χ0n) is 13.0. The maximum absolute atomic E-state index is 6.47. The highest BCUT2D eigenvalue weighted by Gasteiger charge is 2.16. The molecule has 1 aromatic carbocycles. The van der Waals surface area contributed by atoms with Gasteiger partial charge in [0.1, 0.15) is 11.5 Å². The van der Waals surface area contributed by atoms with Gasteiger partial charge in [-0.15, -0.1) is 0 Å². The Bertz CT molecular complexity index is 842. The fraction of sp³-hybridized carbons (Fsp3) is 0.375. The summed E-state index contributed by atoms with van der Waals surface area (Å²) in [5.74, 6) is 0.771. The molecule has 110 valence electrons. The number of hydrogen-bond donors (Lipinski definition) is 0. The number of rotatable bonds is 2. The maximum Gasteiger partial charge on any atom is 0.170 e. The van der Waals surface area contributed by atoms with Crippen molar-refractivity contribution in [3.63, 3.8) is 0 Å². The summed E-state index contributed by atoms with van der Waals surface area (Å²) in [4.78, 5) is 4.30. The molecule has 4 nitrogen and oxygen atoms in total. The minimum atomic E-state index is 0.589. The predicted molar refractivity (Wildman–Crippen MR) is 86.0 cm³/mol.